The van der Waals surface area contributed by atoms with E-state index in [-0.39, 0.29) is 17.7 Å². The molecular formula is C11H23NO3S. The van der Waals surface area contributed by atoms with Gasteiger partial charge in [-0.2, -0.15) is 4.31 Å². The fourth-order valence-corrected chi connectivity index (χ4v) is 3.47. The highest BCUT2D eigenvalue weighted by molar-refractivity contribution is 7.89. The highest BCUT2D eigenvalue weighted by Gasteiger charge is 2.38. The van der Waals surface area contributed by atoms with Crippen LogP contribution < -0.4 is 0 Å². The molecule has 0 bridgehead atoms. The zero-order chi connectivity index (χ0) is 12.4. The van der Waals surface area contributed by atoms with E-state index in [9.17, 15) is 13.5 Å². The topological polar surface area (TPSA) is 57.6 Å². The molecule has 1 rings (SSSR count). The van der Waals surface area contributed by atoms with E-state index in [1.807, 2.05) is 20.8 Å². The minimum absolute atomic E-state index is 0.170. The van der Waals surface area contributed by atoms with Crippen molar-refractivity contribution < 1.29 is 13.5 Å². The van der Waals surface area contributed by atoms with Crippen LogP contribution in [0.25, 0.3) is 0 Å². The van der Waals surface area contributed by atoms with Crippen LogP contribution in [0, 0.1) is 5.41 Å². The maximum atomic E-state index is 11.9. The van der Waals surface area contributed by atoms with Gasteiger partial charge in [-0.25, -0.2) is 8.42 Å². The maximum Gasteiger partial charge on any atom is 0.214 e. The van der Waals surface area contributed by atoms with Crippen LogP contribution in [0.3, 0.4) is 0 Å². The van der Waals surface area contributed by atoms with Gasteiger partial charge >= 0.3 is 0 Å². The van der Waals surface area contributed by atoms with Crippen molar-refractivity contribution in [2.75, 3.05) is 18.8 Å². The molecule has 1 N–H and O–H groups in total. The third-order valence-electron chi connectivity index (χ3n) is 3.43. The lowest BCUT2D eigenvalue weighted by Crippen LogP contribution is -2.50. The summed E-state index contributed by atoms with van der Waals surface area (Å²) in [4.78, 5) is 0. The van der Waals surface area contributed by atoms with Crippen LogP contribution in [0.4, 0.5) is 0 Å². The molecule has 1 aliphatic heterocycles. The Balaban J connectivity index is 2.64. The standard InChI is InChI=1S/C11H23NO3S/c1-4-5-8-16(14,15)12-7-6-11(2,3)10(13)9-12/h10,13H,4-9H2,1-3H3. The zero-order valence-electron chi connectivity index (χ0n) is 10.4. The van der Waals surface area contributed by atoms with Crippen molar-refractivity contribution in [3.63, 3.8) is 0 Å². The molecule has 96 valence electrons. The van der Waals surface area contributed by atoms with Gasteiger partial charge in [0.15, 0.2) is 0 Å². The zero-order valence-corrected chi connectivity index (χ0v) is 11.3. The summed E-state index contributed by atoms with van der Waals surface area (Å²) >= 11 is 0. The lowest BCUT2D eigenvalue weighted by atomic mass is 9.81. The molecule has 0 aliphatic carbocycles. The number of hydrogen-bond donors (Lipinski definition) is 1. The predicted molar refractivity (Wildman–Crippen MR) is 64.7 cm³/mol. The molecule has 16 heavy (non-hydrogen) atoms. The monoisotopic (exact) mass is 249 g/mol. The normalized spacial score (nSPS) is 26.9. The number of rotatable bonds is 4. The number of β-amino-alcohol motifs (C(OH)–C–C–N with tert-alkyl or cyclic N) is 1. The average molecular weight is 249 g/mol. The van der Waals surface area contributed by atoms with E-state index in [2.05, 4.69) is 0 Å². The van der Waals surface area contributed by atoms with Crippen LogP contribution in [0.15, 0.2) is 0 Å². The Morgan fingerprint density at radius 1 is 1.44 bits per heavy atom. The molecule has 5 heteroatoms. The molecule has 1 atom stereocenters. The summed E-state index contributed by atoms with van der Waals surface area (Å²) in [6, 6.07) is 0. The molecule has 0 aromatic carbocycles. The van der Waals surface area contributed by atoms with Gasteiger partial charge in [-0.15, -0.1) is 0 Å². The van der Waals surface area contributed by atoms with E-state index >= 15 is 0 Å². The second kappa shape index (κ2) is 5.02. The molecule has 1 fully saturated rings. The molecule has 4 nitrogen and oxygen atoms in total. The molecule has 1 saturated heterocycles. The average Bonchev–Trinajstić information content (AvgIpc) is 2.19. The number of sulfonamides is 1. The highest BCUT2D eigenvalue weighted by atomic mass is 32.2. The van der Waals surface area contributed by atoms with Crippen LogP contribution in [0.5, 0.6) is 0 Å². The van der Waals surface area contributed by atoms with Crippen molar-refractivity contribution in [2.24, 2.45) is 5.41 Å². The first-order chi connectivity index (χ1) is 7.29. The third kappa shape index (κ3) is 3.18. The summed E-state index contributed by atoms with van der Waals surface area (Å²) in [7, 11) is -3.16. The fraction of sp³-hybridized carbons (Fsp3) is 1.00. The molecule has 0 aromatic heterocycles. The second-order valence-electron chi connectivity index (χ2n) is 5.28. The maximum absolute atomic E-state index is 11.9. The predicted octanol–water partition coefficient (Wildman–Crippen LogP) is 1.21. The van der Waals surface area contributed by atoms with Crippen molar-refractivity contribution >= 4 is 10.0 Å². The number of aliphatic hydroxyl groups is 1. The van der Waals surface area contributed by atoms with Crippen molar-refractivity contribution in [3.05, 3.63) is 0 Å². The van der Waals surface area contributed by atoms with E-state index in [4.69, 9.17) is 0 Å². The second-order valence-corrected chi connectivity index (χ2v) is 7.37. The van der Waals surface area contributed by atoms with E-state index < -0.39 is 16.1 Å². The van der Waals surface area contributed by atoms with Crippen molar-refractivity contribution in [2.45, 2.75) is 46.1 Å². The Kier molecular flexibility index (Phi) is 4.37. The van der Waals surface area contributed by atoms with Crippen LogP contribution in [0.1, 0.15) is 40.0 Å². The molecule has 0 spiro atoms. The van der Waals surface area contributed by atoms with Gasteiger partial charge < -0.3 is 5.11 Å². The minimum atomic E-state index is -3.16. The summed E-state index contributed by atoms with van der Waals surface area (Å²) in [5.41, 5.74) is -0.170. The summed E-state index contributed by atoms with van der Waals surface area (Å²) in [5, 5.41) is 9.89. The molecule has 1 unspecified atom stereocenters. The van der Waals surface area contributed by atoms with Gasteiger partial charge in [-0.05, 0) is 18.3 Å². The first-order valence-electron chi connectivity index (χ1n) is 5.95. The van der Waals surface area contributed by atoms with E-state index in [0.717, 1.165) is 12.8 Å². The molecule has 0 saturated carbocycles. The highest BCUT2D eigenvalue weighted by Crippen LogP contribution is 2.31. The Bertz CT molecular complexity index is 324. The van der Waals surface area contributed by atoms with Crippen molar-refractivity contribution in [3.8, 4) is 0 Å². The molecule has 1 aliphatic rings. The van der Waals surface area contributed by atoms with Gasteiger partial charge in [0.1, 0.15) is 0 Å². The Morgan fingerprint density at radius 3 is 2.56 bits per heavy atom. The lowest BCUT2D eigenvalue weighted by molar-refractivity contribution is -0.000693. The fourth-order valence-electron chi connectivity index (χ4n) is 1.82. The van der Waals surface area contributed by atoms with E-state index in [1.165, 1.54) is 4.31 Å². The Hall–Kier alpha value is -0.130. The summed E-state index contributed by atoms with van der Waals surface area (Å²) < 4.78 is 25.3. The number of unbranched alkanes of at least 4 members (excludes halogenated alkanes) is 1. The van der Waals surface area contributed by atoms with Crippen LogP contribution in [-0.2, 0) is 10.0 Å². The summed E-state index contributed by atoms with van der Waals surface area (Å²) in [5.74, 6) is 0.205. The summed E-state index contributed by atoms with van der Waals surface area (Å²) in [6.07, 6.45) is 1.73. The Labute approximate surface area is 98.7 Å². The lowest BCUT2D eigenvalue weighted by Gasteiger charge is -2.40. The molecular weight excluding hydrogens is 226 g/mol. The van der Waals surface area contributed by atoms with Crippen molar-refractivity contribution in [1.29, 1.82) is 0 Å². The first kappa shape index (κ1) is 13.9. The largest absolute Gasteiger partial charge is 0.391 e. The van der Waals surface area contributed by atoms with Crippen LogP contribution in [-0.4, -0.2) is 42.8 Å². The van der Waals surface area contributed by atoms with Gasteiger partial charge in [0.25, 0.3) is 0 Å². The van der Waals surface area contributed by atoms with Gasteiger partial charge in [0.05, 0.1) is 11.9 Å². The number of aliphatic hydroxyl groups excluding tert-OH is 1. The van der Waals surface area contributed by atoms with Gasteiger partial charge in [-0.1, -0.05) is 27.2 Å². The van der Waals surface area contributed by atoms with Crippen molar-refractivity contribution in [1.82, 2.24) is 4.31 Å². The van der Waals surface area contributed by atoms with Gasteiger partial charge in [-0.3, -0.25) is 0 Å². The number of piperidine rings is 1. The SMILES string of the molecule is CCCCS(=O)(=O)N1CCC(C)(C)C(O)C1. The van der Waals surface area contributed by atoms with Gasteiger partial charge in [0.2, 0.25) is 10.0 Å². The number of hydrogen-bond acceptors (Lipinski definition) is 3. The minimum Gasteiger partial charge on any atom is -0.391 e. The first-order valence-corrected chi connectivity index (χ1v) is 7.56. The van der Waals surface area contributed by atoms with Gasteiger partial charge in [0, 0.05) is 13.1 Å². The molecule has 0 aromatic rings. The van der Waals surface area contributed by atoms with E-state index in [0.29, 0.717) is 13.0 Å². The third-order valence-corrected chi connectivity index (χ3v) is 5.36. The van der Waals surface area contributed by atoms with E-state index in [1.54, 1.807) is 0 Å². The quantitative estimate of drug-likeness (QED) is 0.814. The van der Waals surface area contributed by atoms with Crippen LogP contribution in [0.2, 0.25) is 0 Å². The number of nitrogens with zero attached hydrogens (tertiary/aromatic N) is 1. The summed E-state index contributed by atoms with van der Waals surface area (Å²) in [6.45, 7) is 6.72. The molecule has 0 amide bonds. The molecule has 1 heterocycles. The van der Waals surface area contributed by atoms with Crippen LogP contribution >= 0.6 is 0 Å². The Morgan fingerprint density at radius 2 is 2.06 bits per heavy atom. The smallest absolute Gasteiger partial charge is 0.214 e. The molecule has 0 radical (unpaired) electrons.